The number of carbonyl (C=O) groups excluding carboxylic acids is 2. The maximum Gasteiger partial charge on any atom is 0.306 e. The number of allylic oxidation sites excluding steroid dienone is 6. The number of carbonyl (C=O) groups is 2. The Morgan fingerprint density at radius 1 is 0.528 bits per heavy atom. The zero-order valence-electron chi connectivity index (χ0n) is 24.1. The third kappa shape index (κ3) is 24.1. The van der Waals surface area contributed by atoms with Gasteiger partial charge in [-0.25, -0.2) is 0 Å². The minimum atomic E-state index is -0.580. The lowest BCUT2D eigenvalue weighted by atomic mass is 10.0. The first-order chi connectivity index (χ1) is 17.7. The monoisotopic (exact) mass is 502 g/mol. The first-order valence-corrected chi connectivity index (χ1v) is 15.3. The predicted molar refractivity (Wildman–Crippen MR) is 156 cm³/mol. The minimum Gasteiger partial charge on any atom is -0.454 e. The van der Waals surface area contributed by atoms with Crippen LogP contribution in [0.3, 0.4) is 0 Å². The Hall–Kier alpha value is -1.64. The Bertz CT molecular complexity index is 588. The van der Waals surface area contributed by atoms with Crippen LogP contribution in [-0.2, 0) is 14.3 Å². The van der Waals surface area contributed by atoms with E-state index in [1.807, 2.05) is 0 Å². The largest absolute Gasteiger partial charge is 0.454 e. The van der Waals surface area contributed by atoms with Crippen LogP contribution in [0.2, 0.25) is 0 Å². The topological polar surface area (TPSA) is 43.4 Å². The van der Waals surface area contributed by atoms with Crippen molar-refractivity contribution in [3.63, 3.8) is 0 Å². The molecule has 3 nitrogen and oxygen atoms in total. The molecule has 1 unspecified atom stereocenters. The van der Waals surface area contributed by atoms with Gasteiger partial charge in [-0.1, -0.05) is 95.8 Å². The Kier molecular flexibility index (Phi) is 26.7. The van der Waals surface area contributed by atoms with Gasteiger partial charge in [0.1, 0.15) is 0 Å². The van der Waals surface area contributed by atoms with Crippen molar-refractivity contribution in [1.29, 1.82) is 0 Å². The van der Waals surface area contributed by atoms with Gasteiger partial charge in [-0.05, 0) is 83.5 Å². The normalized spacial score (nSPS) is 12.8. The zero-order chi connectivity index (χ0) is 26.5. The summed E-state index contributed by atoms with van der Waals surface area (Å²) in [5.74, 6) is -0.135. The lowest BCUT2D eigenvalue weighted by Crippen LogP contribution is -2.27. The number of esters is 1. The summed E-state index contributed by atoms with van der Waals surface area (Å²) in [6.45, 7) is 6.65. The van der Waals surface area contributed by atoms with Gasteiger partial charge in [-0.2, -0.15) is 0 Å². The van der Waals surface area contributed by atoms with Crippen LogP contribution in [0.5, 0.6) is 0 Å². The van der Waals surface area contributed by atoms with Crippen LogP contribution in [0.15, 0.2) is 36.5 Å². The first-order valence-electron chi connectivity index (χ1n) is 15.3. The van der Waals surface area contributed by atoms with Crippen molar-refractivity contribution in [2.45, 2.75) is 162 Å². The Morgan fingerprint density at radius 2 is 0.917 bits per heavy atom. The number of hydrogen-bond donors (Lipinski definition) is 0. The van der Waals surface area contributed by atoms with Crippen molar-refractivity contribution in [2.75, 3.05) is 0 Å². The first kappa shape index (κ1) is 34.4. The van der Waals surface area contributed by atoms with Gasteiger partial charge in [-0.15, -0.1) is 0 Å². The van der Waals surface area contributed by atoms with Crippen LogP contribution in [0.1, 0.15) is 156 Å². The van der Waals surface area contributed by atoms with E-state index in [0.717, 1.165) is 57.8 Å². The molecule has 3 heteroatoms. The van der Waals surface area contributed by atoms with E-state index in [2.05, 4.69) is 57.2 Å². The average molecular weight is 503 g/mol. The molecule has 0 aliphatic rings. The fraction of sp³-hybridized carbons (Fsp3) is 0.758. The van der Waals surface area contributed by atoms with Gasteiger partial charge in [0.25, 0.3) is 0 Å². The van der Waals surface area contributed by atoms with Crippen molar-refractivity contribution >= 4 is 11.8 Å². The van der Waals surface area contributed by atoms with Crippen LogP contribution in [0.25, 0.3) is 0 Å². The maximum absolute atomic E-state index is 12.9. The minimum absolute atomic E-state index is 0.0884. The smallest absolute Gasteiger partial charge is 0.306 e. The molecule has 0 aliphatic heterocycles. The highest BCUT2D eigenvalue weighted by Crippen LogP contribution is 2.14. The highest BCUT2D eigenvalue weighted by molar-refractivity contribution is 5.85. The molecule has 208 valence electrons. The Labute approximate surface area is 224 Å². The molecule has 0 saturated carbocycles. The molecule has 0 aromatic heterocycles. The molecule has 0 bridgehead atoms. The fourth-order valence-corrected chi connectivity index (χ4v) is 4.09. The van der Waals surface area contributed by atoms with Crippen molar-refractivity contribution in [1.82, 2.24) is 0 Å². The Balaban J connectivity index is 4.43. The van der Waals surface area contributed by atoms with Gasteiger partial charge in [-0.3, -0.25) is 9.59 Å². The molecule has 0 N–H and O–H groups in total. The second-order valence-corrected chi connectivity index (χ2v) is 10.1. The summed E-state index contributed by atoms with van der Waals surface area (Å²) >= 11 is 0. The highest BCUT2D eigenvalue weighted by Gasteiger charge is 2.21. The van der Waals surface area contributed by atoms with Gasteiger partial charge in [0.15, 0.2) is 11.9 Å². The van der Waals surface area contributed by atoms with Gasteiger partial charge in [0.2, 0.25) is 0 Å². The van der Waals surface area contributed by atoms with Crippen molar-refractivity contribution in [3.8, 4) is 0 Å². The third-order valence-electron chi connectivity index (χ3n) is 6.44. The quantitative estimate of drug-likeness (QED) is 0.0671. The number of unbranched alkanes of at least 4 members (excludes halogenated alkanes) is 12. The predicted octanol–water partition coefficient (Wildman–Crippen LogP) is 10.4. The number of Topliss-reactive ketones (excluding diaryl/α,β-unsaturated/α-hetero) is 1. The number of hydrogen-bond acceptors (Lipinski definition) is 3. The number of ketones is 1. The zero-order valence-corrected chi connectivity index (χ0v) is 24.1. The fourth-order valence-electron chi connectivity index (χ4n) is 4.09. The SMILES string of the molecule is CCCCCC=CCCCC(=O)C(CCCC=CCCCCC)OC(=O)CCC/C=C\CCCCC. The van der Waals surface area contributed by atoms with Crippen molar-refractivity contribution in [3.05, 3.63) is 36.5 Å². The molecule has 36 heavy (non-hydrogen) atoms. The van der Waals surface area contributed by atoms with Crippen molar-refractivity contribution < 1.29 is 14.3 Å². The number of ether oxygens (including phenoxy) is 1. The molecule has 0 aromatic rings. The van der Waals surface area contributed by atoms with Crippen LogP contribution in [0.4, 0.5) is 0 Å². The maximum atomic E-state index is 12.9. The van der Waals surface area contributed by atoms with E-state index >= 15 is 0 Å². The highest BCUT2D eigenvalue weighted by atomic mass is 16.5. The molecular weight excluding hydrogens is 444 g/mol. The lowest BCUT2D eigenvalue weighted by Gasteiger charge is -2.16. The number of rotatable bonds is 26. The van der Waals surface area contributed by atoms with E-state index in [0.29, 0.717) is 19.3 Å². The molecule has 0 rings (SSSR count). The van der Waals surface area contributed by atoms with Crippen LogP contribution in [-0.4, -0.2) is 17.9 Å². The lowest BCUT2D eigenvalue weighted by molar-refractivity contribution is -0.155. The molecule has 0 fully saturated rings. The van der Waals surface area contributed by atoms with Gasteiger partial charge in [0, 0.05) is 12.8 Å². The van der Waals surface area contributed by atoms with E-state index in [-0.39, 0.29) is 11.8 Å². The molecule has 1 atom stereocenters. The second-order valence-electron chi connectivity index (χ2n) is 10.1. The van der Waals surface area contributed by atoms with Crippen LogP contribution >= 0.6 is 0 Å². The molecular formula is C33H58O3. The van der Waals surface area contributed by atoms with Crippen LogP contribution in [0, 0.1) is 0 Å². The van der Waals surface area contributed by atoms with E-state index in [1.54, 1.807) is 0 Å². The summed E-state index contributed by atoms with van der Waals surface area (Å²) in [5, 5.41) is 0. The Morgan fingerprint density at radius 3 is 1.36 bits per heavy atom. The summed E-state index contributed by atoms with van der Waals surface area (Å²) in [5.41, 5.74) is 0. The molecule has 0 heterocycles. The average Bonchev–Trinajstić information content (AvgIpc) is 2.87. The van der Waals surface area contributed by atoms with Crippen molar-refractivity contribution in [2.24, 2.45) is 0 Å². The summed E-state index contributed by atoms with van der Waals surface area (Å²) in [6, 6.07) is 0. The second kappa shape index (κ2) is 27.9. The van der Waals surface area contributed by atoms with Gasteiger partial charge >= 0.3 is 5.97 Å². The van der Waals surface area contributed by atoms with E-state index in [1.165, 1.54) is 57.8 Å². The summed E-state index contributed by atoms with van der Waals surface area (Å²) < 4.78 is 5.70. The van der Waals surface area contributed by atoms with E-state index < -0.39 is 6.10 Å². The molecule has 0 spiro atoms. The molecule has 0 aromatic carbocycles. The standard InChI is InChI=1S/C33H58O3/c1-4-7-10-13-16-19-22-25-28-31(34)32(29-26-23-20-17-14-11-8-5-2)36-33(35)30-27-24-21-18-15-12-9-6-3/h16-21,32H,4-15,22-30H2,1-3H3/b19-16?,20-17?,21-18-. The van der Waals surface area contributed by atoms with Gasteiger partial charge in [0.05, 0.1) is 0 Å². The summed E-state index contributed by atoms with van der Waals surface area (Å²) in [7, 11) is 0. The summed E-state index contributed by atoms with van der Waals surface area (Å²) in [4.78, 5) is 25.3. The molecule has 0 saturated heterocycles. The van der Waals surface area contributed by atoms with Gasteiger partial charge < -0.3 is 4.74 Å². The van der Waals surface area contributed by atoms with Crippen LogP contribution < -0.4 is 0 Å². The molecule has 0 radical (unpaired) electrons. The molecule has 0 aliphatic carbocycles. The van der Waals surface area contributed by atoms with E-state index in [4.69, 9.17) is 4.74 Å². The third-order valence-corrected chi connectivity index (χ3v) is 6.44. The summed E-state index contributed by atoms with van der Waals surface area (Å²) in [6.07, 6.45) is 34.1. The molecule has 0 amide bonds. The van der Waals surface area contributed by atoms with E-state index in [9.17, 15) is 9.59 Å².